The summed E-state index contributed by atoms with van der Waals surface area (Å²) in [4.78, 5) is 10.6. The van der Waals surface area contributed by atoms with Crippen molar-refractivity contribution in [3.8, 4) is 11.8 Å². The maximum atomic E-state index is 10.6. The number of hydrogen-bond donors (Lipinski definition) is 3. The molecule has 0 aromatic carbocycles. The Hall–Kier alpha value is -1.31. The molecule has 0 heterocycles. The van der Waals surface area contributed by atoms with E-state index in [0.29, 0.717) is 24.2 Å². The fourth-order valence-electron chi connectivity index (χ4n) is 4.84. The number of aliphatic hydroxyl groups excluding tert-OH is 2. The van der Waals surface area contributed by atoms with Gasteiger partial charge in [-0.2, -0.15) is 0 Å². The number of aliphatic carboxylic acids is 1. The molecule has 0 radical (unpaired) electrons. The fraction of sp³-hybridized carbons (Fsp3) is 0.762. The number of carbonyl (C=O) groups is 1. The molecule has 3 aliphatic carbocycles. The van der Waals surface area contributed by atoms with E-state index in [0.717, 1.165) is 32.1 Å². The van der Waals surface area contributed by atoms with Gasteiger partial charge in [-0.25, -0.2) is 0 Å². The highest BCUT2D eigenvalue weighted by Gasteiger charge is 2.46. The molecule has 0 amide bonds. The Morgan fingerprint density at radius 3 is 2.68 bits per heavy atom. The van der Waals surface area contributed by atoms with Crippen LogP contribution in [-0.4, -0.2) is 33.5 Å². The van der Waals surface area contributed by atoms with E-state index in [-0.39, 0.29) is 12.3 Å². The lowest BCUT2D eigenvalue weighted by Gasteiger charge is -2.48. The summed E-state index contributed by atoms with van der Waals surface area (Å²) in [5.41, 5.74) is 1.35. The molecule has 0 spiro atoms. The third-order valence-electron chi connectivity index (χ3n) is 6.37. The number of rotatable bonds is 4. The van der Waals surface area contributed by atoms with E-state index < -0.39 is 18.2 Å². The molecule has 0 saturated heterocycles. The van der Waals surface area contributed by atoms with Gasteiger partial charge in [0.25, 0.3) is 0 Å². The van der Waals surface area contributed by atoms with Crippen LogP contribution in [0.3, 0.4) is 0 Å². The molecule has 0 aliphatic heterocycles. The van der Waals surface area contributed by atoms with Crippen LogP contribution in [0.15, 0.2) is 11.6 Å². The van der Waals surface area contributed by atoms with Crippen molar-refractivity contribution >= 4 is 5.97 Å². The van der Waals surface area contributed by atoms with E-state index in [4.69, 9.17) is 5.11 Å². The van der Waals surface area contributed by atoms with Gasteiger partial charge in [-0.15, -0.1) is 0 Å². The van der Waals surface area contributed by atoms with Gasteiger partial charge in [-0.3, -0.25) is 4.79 Å². The highest BCUT2D eigenvalue weighted by molar-refractivity contribution is 5.66. The van der Waals surface area contributed by atoms with Gasteiger partial charge in [0.1, 0.15) is 6.10 Å². The van der Waals surface area contributed by atoms with Gasteiger partial charge >= 0.3 is 5.97 Å². The molecule has 3 aliphatic rings. The standard InChI is InChI=1S/C21H30O4/c22-19(14-5-2-1-3-6-14)11-10-17-18-13-15(7-4-8-21(24)25)16(18)9-12-20(17)23/h7,14,16-20,22-23H,1-6,8-9,12-13H2,(H,24,25)/t16-,17-,18?,19?,20-/m1/s1. The van der Waals surface area contributed by atoms with E-state index in [1.54, 1.807) is 0 Å². The van der Waals surface area contributed by atoms with Crippen molar-refractivity contribution < 1.29 is 20.1 Å². The second-order valence-corrected chi connectivity index (χ2v) is 7.99. The zero-order valence-corrected chi connectivity index (χ0v) is 14.9. The second kappa shape index (κ2) is 8.38. The van der Waals surface area contributed by atoms with E-state index in [1.165, 1.54) is 24.8 Å². The van der Waals surface area contributed by atoms with Crippen LogP contribution in [0, 0.1) is 35.5 Å². The molecule has 0 bridgehead atoms. The van der Waals surface area contributed by atoms with Crippen LogP contribution >= 0.6 is 0 Å². The van der Waals surface area contributed by atoms with Gasteiger partial charge in [0, 0.05) is 6.42 Å². The summed E-state index contributed by atoms with van der Waals surface area (Å²) in [5, 5.41) is 29.5. The molecule has 3 N–H and O–H groups in total. The van der Waals surface area contributed by atoms with Crippen LogP contribution in [0.4, 0.5) is 0 Å². The largest absolute Gasteiger partial charge is 0.481 e. The van der Waals surface area contributed by atoms with Gasteiger partial charge in [0.05, 0.1) is 12.0 Å². The molecule has 5 atom stereocenters. The zero-order chi connectivity index (χ0) is 17.8. The quantitative estimate of drug-likeness (QED) is 0.540. The molecule has 25 heavy (non-hydrogen) atoms. The lowest BCUT2D eigenvalue weighted by Crippen LogP contribution is -2.44. The van der Waals surface area contributed by atoms with Crippen molar-refractivity contribution in [1.82, 2.24) is 0 Å². The van der Waals surface area contributed by atoms with Crippen LogP contribution in [-0.2, 0) is 4.79 Å². The molecule has 0 aromatic heterocycles. The monoisotopic (exact) mass is 346 g/mol. The lowest BCUT2D eigenvalue weighted by molar-refractivity contribution is -0.136. The predicted molar refractivity (Wildman–Crippen MR) is 95.6 cm³/mol. The summed E-state index contributed by atoms with van der Waals surface area (Å²) in [6.45, 7) is 0. The molecule has 0 aromatic rings. The summed E-state index contributed by atoms with van der Waals surface area (Å²) in [5.74, 6) is 6.59. The van der Waals surface area contributed by atoms with Crippen molar-refractivity contribution in [2.24, 2.45) is 23.7 Å². The molecule has 4 heteroatoms. The number of carboxylic acids is 1. The normalized spacial score (nSPS) is 35.2. The maximum Gasteiger partial charge on any atom is 0.303 e. The number of hydrogen-bond acceptors (Lipinski definition) is 3. The lowest BCUT2D eigenvalue weighted by atomic mass is 9.57. The van der Waals surface area contributed by atoms with E-state index >= 15 is 0 Å². The van der Waals surface area contributed by atoms with E-state index in [1.807, 2.05) is 0 Å². The Balaban J connectivity index is 1.58. The zero-order valence-electron chi connectivity index (χ0n) is 14.9. The third-order valence-corrected chi connectivity index (χ3v) is 6.37. The first kappa shape index (κ1) is 18.5. The highest BCUT2D eigenvalue weighted by atomic mass is 16.4. The van der Waals surface area contributed by atoms with E-state index in [2.05, 4.69) is 17.9 Å². The topological polar surface area (TPSA) is 77.8 Å². The van der Waals surface area contributed by atoms with Gasteiger partial charge in [0.2, 0.25) is 0 Å². The second-order valence-electron chi connectivity index (χ2n) is 7.99. The SMILES string of the molecule is O=C(O)CCC=C1CC2[C@@H]1CC[C@@H](O)[C@@H]2C#CC(O)C1CCCCC1. The maximum absolute atomic E-state index is 10.6. The first-order valence-electron chi connectivity index (χ1n) is 9.84. The van der Waals surface area contributed by atoms with Gasteiger partial charge in [-0.1, -0.05) is 42.8 Å². The van der Waals surface area contributed by atoms with Gasteiger partial charge in [0.15, 0.2) is 0 Å². The van der Waals surface area contributed by atoms with Crippen molar-refractivity contribution in [3.05, 3.63) is 11.6 Å². The minimum Gasteiger partial charge on any atom is -0.481 e. The minimum atomic E-state index is -0.757. The fourth-order valence-corrected chi connectivity index (χ4v) is 4.84. The van der Waals surface area contributed by atoms with Crippen molar-refractivity contribution in [3.63, 3.8) is 0 Å². The van der Waals surface area contributed by atoms with Crippen LogP contribution in [0.2, 0.25) is 0 Å². The van der Waals surface area contributed by atoms with Crippen molar-refractivity contribution in [1.29, 1.82) is 0 Å². The van der Waals surface area contributed by atoms with Crippen molar-refractivity contribution in [2.45, 2.75) is 76.4 Å². The Bertz CT molecular complexity index is 564. The number of aliphatic hydroxyl groups is 2. The molecular formula is C21H30O4. The average molecular weight is 346 g/mol. The summed E-state index contributed by atoms with van der Waals surface area (Å²) < 4.78 is 0. The smallest absolute Gasteiger partial charge is 0.303 e. The summed E-state index contributed by atoms with van der Waals surface area (Å²) in [6, 6.07) is 0. The highest BCUT2D eigenvalue weighted by Crippen LogP contribution is 2.51. The first-order chi connectivity index (χ1) is 12.1. The summed E-state index contributed by atoms with van der Waals surface area (Å²) in [7, 11) is 0. The minimum absolute atomic E-state index is 0.0476. The van der Waals surface area contributed by atoms with E-state index in [9.17, 15) is 15.0 Å². The molecular weight excluding hydrogens is 316 g/mol. The molecule has 4 nitrogen and oxygen atoms in total. The van der Waals surface area contributed by atoms with Crippen LogP contribution < -0.4 is 0 Å². The summed E-state index contributed by atoms with van der Waals surface area (Å²) in [6.07, 6.45) is 10.3. The molecule has 2 unspecified atom stereocenters. The molecule has 138 valence electrons. The first-order valence-corrected chi connectivity index (χ1v) is 9.84. The average Bonchev–Trinajstić information content (AvgIpc) is 2.59. The number of allylic oxidation sites excluding steroid dienone is 2. The van der Waals surface area contributed by atoms with Gasteiger partial charge in [-0.05, 0) is 56.3 Å². The third kappa shape index (κ3) is 4.46. The molecule has 3 fully saturated rings. The number of fused-ring (bicyclic) bond motifs is 1. The van der Waals surface area contributed by atoms with Crippen LogP contribution in [0.5, 0.6) is 0 Å². The van der Waals surface area contributed by atoms with Crippen LogP contribution in [0.25, 0.3) is 0 Å². The van der Waals surface area contributed by atoms with Gasteiger partial charge < -0.3 is 15.3 Å². The Morgan fingerprint density at radius 1 is 1.20 bits per heavy atom. The molecule has 3 saturated carbocycles. The van der Waals surface area contributed by atoms with Crippen LogP contribution in [0.1, 0.15) is 64.2 Å². The Kier molecular flexibility index (Phi) is 6.19. The molecule has 3 rings (SSSR count). The predicted octanol–water partition coefficient (Wildman–Crippen LogP) is 3.13. The Labute approximate surface area is 150 Å². The summed E-state index contributed by atoms with van der Waals surface area (Å²) >= 11 is 0. The van der Waals surface area contributed by atoms with Crippen molar-refractivity contribution in [2.75, 3.05) is 0 Å². The Morgan fingerprint density at radius 2 is 1.96 bits per heavy atom. The number of carboxylic acid groups (broad SMARTS) is 1.